The standard InChI is InChI=1S/C5H7N3O3.Li/c6-2-3-7-4(11-8-3)1-5(9)10;/h1-2,6H2,(H,9,10);/q;+1/p-1. The molecule has 0 unspecified atom stereocenters. The van der Waals surface area contributed by atoms with Crippen molar-refractivity contribution in [2.24, 2.45) is 5.73 Å². The molecule has 0 spiro atoms. The first kappa shape index (κ1) is 11.2. The van der Waals surface area contributed by atoms with E-state index in [9.17, 15) is 9.90 Å². The molecule has 1 aromatic rings. The summed E-state index contributed by atoms with van der Waals surface area (Å²) < 4.78 is 4.50. The van der Waals surface area contributed by atoms with Crippen molar-refractivity contribution in [3.05, 3.63) is 11.7 Å². The molecule has 0 aromatic carbocycles. The van der Waals surface area contributed by atoms with Gasteiger partial charge in [-0.05, 0) is 0 Å². The predicted molar refractivity (Wildman–Crippen MR) is 30.9 cm³/mol. The van der Waals surface area contributed by atoms with Crippen LogP contribution in [0.4, 0.5) is 0 Å². The van der Waals surface area contributed by atoms with Gasteiger partial charge in [0.15, 0.2) is 5.82 Å². The number of carboxylic acid groups (broad SMARTS) is 1. The van der Waals surface area contributed by atoms with Crippen LogP contribution in [0.15, 0.2) is 4.52 Å². The average Bonchev–Trinajstić information content (AvgIpc) is 2.34. The second-order valence-corrected chi connectivity index (χ2v) is 1.86. The van der Waals surface area contributed by atoms with Crippen LogP contribution in [0.3, 0.4) is 0 Å². The molecule has 0 radical (unpaired) electrons. The van der Waals surface area contributed by atoms with Crippen LogP contribution < -0.4 is 29.7 Å². The van der Waals surface area contributed by atoms with Gasteiger partial charge in [0, 0.05) is 0 Å². The van der Waals surface area contributed by atoms with E-state index in [2.05, 4.69) is 14.7 Å². The largest absolute Gasteiger partial charge is 1.00 e. The van der Waals surface area contributed by atoms with Crippen molar-refractivity contribution in [3.8, 4) is 0 Å². The molecular formula is C5H6LiN3O3. The monoisotopic (exact) mass is 163 g/mol. The van der Waals surface area contributed by atoms with Crippen LogP contribution in [-0.4, -0.2) is 16.1 Å². The summed E-state index contributed by atoms with van der Waals surface area (Å²) in [6, 6.07) is 0. The quantitative estimate of drug-likeness (QED) is 0.446. The number of carboxylic acids is 1. The normalized spacial score (nSPS) is 9.08. The maximum absolute atomic E-state index is 10.00. The second kappa shape index (κ2) is 4.93. The van der Waals surface area contributed by atoms with E-state index in [4.69, 9.17) is 5.73 Å². The SMILES string of the molecule is NCc1noc(CC(=O)[O-])n1.[Li+]. The zero-order valence-electron chi connectivity index (χ0n) is 6.61. The van der Waals surface area contributed by atoms with Gasteiger partial charge in [-0.15, -0.1) is 0 Å². The Morgan fingerprint density at radius 3 is 2.75 bits per heavy atom. The van der Waals surface area contributed by atoms with Crippen molar-refractivity contribution in [2.45, 2.75) is 13.0 Å². The van der Waals surface area contributed by atoms with Crippen molar-refractivity contribution in [2.75, 3.05) is 0 Å². The van der Waals surface area contributed by atoms with Gasteiger partial charge in [-0.2, -0.15) is 4.98 Å². The summed E-state index contributed by atoms with van der Waals surface area (Å²) in [7, 11) is 0. The third kappa shape index (κ3) is 3.05. The number of nitrogens with zero attached hydrogens (tertiary/aromatic N) is 2. The summed E-state index contributed by atoms with van der Waals surface area (Å²) in [6.45, 7) is 0.135. The van der Waals surface area contributed by atoms with Gasteiger partial charge in [0.2, 0.25) is 5.89 Å². The number of aliphatic carboxylic acids is 1. The molecule has 0 amide bonds. The van der Waals surface area contributed by atoms with E-state index in [-0.39, 0.29) is 37.7 Å². The smallest absolute Gasteiger partial charge is 0.550 e. The van der Waals surface area contributed by atoms with Crippen LogP contribution in [-0.2, 0) is 17.8 Å². The topological polar surface area (TPSA) is 105 Å². The molecule has 0 aliphatic rings. The molecule has 0 aliphatic heterocycles. The van der Waals surface area contributed by atoms with E-state index in [0.29, 0.717) is 5.82 Å². The molecule has 0 aliphatic carbocycles. The Balaban J connectivity index is 0.00000121. The average molecular weight is 163 g/mol. The Hall–Kier alpha value is -0.833. The zero-order chi connectivity index (χ0) is 8.27. The molecule has 1 rings (SSSR count). The molecule has 0 saturated heterocycles. The fraction of sp³-hybridized carbons (Fsp3) is 0.400. The van der Waals surface area contributed by atoms with Crippen LogP contribution in [0.5, 0.6) is 0 Å². The predicted octanol–water partition coefficient (Wildman–Crippen LogP) is -5.18. The van der Waals surface area contributed by atoms with Gasteiger partial charge >= 0.3 is 18.9 Å². The first-order valence-electron chi connectivity index (χ1n) is 2.93. The van der Waals surface area contributed by atoms with E-state index in [1.54, 1.807) is 0 Å². The number of aromatic nitrogens is 2. The molecule has 6 nitrogen and oxygen atoms in total. The van der Waals surface area contributed by atoms with Crippen molar-refractivity contribution >= 4 is 5.97 Å². The first-order chi connectivity index (χ1) is 5.22. The third-order valence-electron chi connectivity index (χ3n) is 0.988. The summed E-state index contributed by atoms with van der Waals surface area (Å²) in [4.78, 5) is 13.6. The molecule has 1 aromatic heterocycles. The molecule has 1 heterocycles. The molecule has 0 saturated carbocycles. The number of carbonyl (C=O) groups is 1. The maximum Gasteiger partial charge on any atom is 1.00 e. The molecule has 12 heavy (non-hydrogen) atoms. The van der Waals surface area contributed by atoms with Crippen LogP contribution >= 0.6 is 0 Å². The van der Waals surface area contributed by atoms with Crippen molar-refractivity contribution in [3.63, 3.8) is 0 Å². The number of rotatable bonds is 3. The number of carbonyl (C=O) groups excluding carboxylic acids is 1. The Morgan fingerprint density at radius 1 is 1.67 bits per heavy atom. The Kier molecular flexibility index (Phi) is 4.59. The van der Waals surface area contributed by atoms with Gasteiger partial charge in [0.25, 0.3) is 0 Å². The molecule has 2 N–H and O–H groups in total. The van der Waals surface area contributed by atoms with Crippen LogP contribution in [0.25, 0.3) is 0 Å². The van der Waals surface area contributed by atoms with E-state index in [1.807, 2.05) is 0 Å². The van der Waals surface area contributed by atoms with Crippen molar-refractivity contribution < 1.29 is 33.3 Å². The van der Waals surface area contributed by atoms with E-state index >= 15 is 0 Å². The van der Waals surface area contributed by atoms with E-state index < -0.39 is 5.97 Å². The van der Waals surface area contributed by atoms with Gasteiger partial charge in [0.1, 0.15) is 0 Å². The van der Waals surface area contributed by atoms with Gasteiger partial charge < -0.3 is 20.2 Å². The Bertz CT molecular complexity index is 262. The third-order valence-corrected chi connectivity index (χ3v) is 0.988. The van der Waals surface area contributed by atoms with Crippen molar-refractivity contribution in [1.82, 2.24) is 10.1 Å². The summed E-state index contributed by atoms with van der Waals surface area (Å²) in [6.07, 6.45) is -0.368. The molecule has 7 heteroatoms. The summed E-state index contributed by atoms with van der Waals surface area (Å²) in [5, 5.41) is 13.4. The van der Waals surface area contributed by atoms with Gasteiger partial charge in [-0.1, -0.05) is 5.16 Å². The molecule has 0 bridgehead atoms. The fourth-order valence-electron chi connectivity index (χ4n) is 0.568. The van der Waals surface area contributed by atoms with E-state index in [0.717, 1.165) is 0 Å². The molecule has 0 atom stereocenters. The summed E-state index contributed by atoms with van der Waals surface area (Å²) in [5.74, 6) is -0.941. The minimum atomic E-state index is -1.25. The minimum absolute atomic E-state index is 0. The minimum Gasteiger partial charge on any atom is -0.550 e. The summed E-state index contributed by atoms with van der Waals surface area (Å²) in [5.41, 5.74) is 5.15. The molecule has 0 fully saturated rings. The van der Waals surface area contributed by atoms with Crippen LogP contribution in [0.1, 0.15) is 11.7 Å². The van der Waals surface area contributed by atoms with Crippen LogP contribution in [0, 0.1) is 0 Å². The van der Waals surface area contributed by atoms with Crippen LogP contribution in [0.2, 0.25) is 0 Å². The molecular weight excluding hydrogens is 157 g/mol. The fourth-order valence-corrected chi connectivity index (χ4v) is 0.568. The molecule has 60 valence electrons. The number of nitrogens with two attached hydrogens (primary N) is 1. The summed E-state index contributed by atoms with van der Waals surface area (Å²) >= 11 is 0. The second-order valence-electron chi connectivity index (χ2n) is 1.86. The van der Waals surface area contributed by atoms with Gasteiger partial charge in [0.05, 0.1) is 18.9 Å². The zero-order valence-corrected chi connectivity index (χ0v) is 6.61. The number of hydrogen-bond donors (Lipinski definition) is 1. The van der Waals surface area contributed by atoms with Gasteiger partial charge in [-0.25, -0.2) is 0 Å². The first-order valence-corrected chi connectivity index (χ1v) is 2.93. The number of hydrogen-bond acceptors (Lipinski definition) is 6. The van der Waals surface area contributed by atoms with E-state index in [1.165, 1.54) is 0 Å². The Labute approximate surface area is 80.3 Å². The van der Waals surface area contributed by atoms with Crippen molar-refractivity contribution in [1.29, 1.82) is 0 Å². The van der Waals surface area contributed by atoms with Gasteiger partial charge in [-0.3, -0.25) is 0 Å². The maximum atomic E-state index is 10.00. The Morgan fingerprint density at radius 2 is 2.33 bits per heavy atom.